The molecule has 0 aliphatic rings. The number of carbonyl (C=O) groups is 1. The monoisotopic (exact) mass is 275 g/mol. The topological polar surface area (TPSA) is 81.9 Å². The molecule has 0 fully saturated rings. The number of hydrogen-bond acceptors (Lipinski definition) is 5. The van der Waals surface area contributed by atoms with Crippen LogP contribution in [0, 0.1) is 6.92 Å². The van der Waals surface area contributed by atoms with Crippen LogP contribution >= 0.6 is 0 Å². The van der Waals surface area contributed by atoms with Crippen LogP contribution in [-0.2, 0) is 6.54 Å². The summed E-state index contributed by atoms with van der Waals surface area (Å²) in [5.41, 5.74) is 0.297. The standard InChI is InChI=1S/C13H17N5O2/c1-3-20-12-8-11(16-9-17-12)13(19)15-5-7-18-6-4-14-10(18)2/h4,6,8-9H,3,5,7H2,1-2H3,(H,15,19). The first-order chi connectivity index (χ1) is 9.70. The summed E-state index contributed by atoms with van der Waals surface area (Å²) in [6.07, 6.45) is 4.93. The van der Waals surface area contributed by atoms with Gasteiger partial charge in [0.05, 0.1) is 6.61 Å². The molecule has 0 saturated carbocycles. The van der Waals surface area contributed by atoms with E-state index in [0.717, 1.165) is 5.82 Å². The lowest BCUT2D eigenvalue weighted by atomic mass is 10.3. The largest absolute Gasteiger partial charge is 0.478 e. The van der Waals surface area contributed by atoms with Gasteiger partial charge in [0.1, 0.15) is 17.8 Å². The number of nitrogens with zero attached hydrogens (tertiary/aromatic N) is 4. The minimum absolute atomic E-state index is 0.244. The number of amides is 1. The second-order valence-electron chi connectivity index (χ2n) is 4.10. The zero-order valence-electron chi connectivity index (χ0n) is 11.5. The maximum Gasteiger partial charge on any atom is 0.270 e. The highest BCUT2D eigenvalue weighted by Crippen LogP contribution is 2.06. The van der Waals surface area contributed by atoms with Crippen LogP contribution < -0.4 is 10.1 Å². The van der Waals surface area contributed by atoms with Crippen molar-refractivity contribution in [1.29, 1.82) is 0 Å². The summed E-state index contributed by atoms with van der Waals surface area (Å²) >= 11 is 0. The molecule has 7 heteroatoms. The lowest BCUT2D eigenvalue weighted by Gasteiger charge is -2.07. The van der Waals surface area contributed by atoms with Crippen molar-refractivity contribution < 1.29 is 9.53 Å². The Labute approximate surface area is 117 Å². The fourth-order valence-electron chi connectivity index (χ4n) is 1.71. The smallest absolute Gasteiger partial charge is 0.270 e. The van der Waals surface area contributed by atoms with E-state index >= 15 is 0 Å². The van der Waals surface area contributed by atoms with Gasteiger partial charge in [-0.3, -0.25) is 4.79 Å². The van der Waals surface area contributed by atoms with Gasteiger partial charge in [-0.05, 0) is 13.8 Å². The molecule has 1 amide bonds. The minimum atomic E-state index is -0.244. The summed E-state index contributed by atoms with van der Waals surface area (Å²) < 4.78 is 7.20. The van der Waals surface area contributed by atoms with Crippen molar-refractivity contribution in [2.45, 2.75) is 20.4 Å². The van der Waals surface area contributed by atoms with Crippen LogP contribution in [0.4, 0.5) is 0 Å². The molecule has 0 spiro atoms. The van der Waals surface area contributed by atoms with Gasteiger partial charge in [0.25, 0.3) is 5.91 Å². The van der Waals surface area contributed by atoms with Gasteiger partial charge < -0.3 is 14.6 Å². The van der Waals surface area contributed by atoms with Gasteiger partial charge in [-0.25, -0.2) is 15.0 Å². The summed E-state index contributed by atoms with van der Waals surface area (Å²) in [6, 6.07) is 1.53. The first-order valence-corrected chi connectivity index (χ1v) is 6.41. The third-order valence-electron chi connectivity index (χ3n) is 2.73. The van der Waals surface area contributed by atoms with Crippen molar-refractivity contribution in [1.82, 2.24) is 24.8 Å². The molecule has 2 aromatic heterocycles. The zero-order valence-corrected chi connectivity index (χ0v) is 11.5. The predicted molar refractivity (Wildman–Crippen MR) is 72.5 cm³/mol. The number of aryl methyl sites for hydroxylation is 1. The van der Waals surface area contributed by atoms with Crippen LogP contribution in [0.3, 0.4) is 0 Å². The molecular formula is C13H17N5O2. The van der Waals surface area contributed by atoms with Crippen molar-refractivity contribution in [3.8, 4) is 5.88 Å². The van der Waals surface area contributed by atoms with E-state index in [4.69, 9.17) is 4.74 Å². The summed E-state index contributed by atoms with van der Waals surface area (Å²) in [7, 11) is 0. The molecule has 106 valence electrons. The molecule has 2 heterocycles. The van der Waals surface area contributed by atoms with Gasteiger partial charge in [-0.2, -0.15) is 0 Å². The van der Waals surface area contributed by atoms with Gasteiger partial charge in [-0.15, -0.1) is 0 Å². The van der Waals surface area contributed by atoms with Crippen LogP contribution in [0.15, 0.2) is 24.8 Å². The molecule has 7 nitrogen and oxygen atoms in total. The molecule has 0 unspecified atom stereocenters. The van der Waals surface area contributed by atoms with Crippen molar-refractivity contribution in [3.05, 3.63) is 36.3 Å². The van der Waals surface area contributed by atoms with Gasteiger partial charge >= 0.3 is 0 Å². The van der Waals surface area contributed by atoms with Gasteiger partial charge in [-0.1, -0.05) is 0 Å². The number of hydrogen-bond donors (Lipinski definition) is 1. The molecule has 0 aromatic carbocycles. The van der Waals surface area contributed by atoms with E-state index in [1.54, 1.807) is 6.20 Å². The number of ether oxygens (including phenoxy) is 1. The molecule has 0 saturated heterocycles. The average molecular weight is 275 g/mol. The molecule has 0 atom stereocenters. The summed E-state index contributed by atoms with van der Waals surface area (Å²) in [4.78, 5) is 23.9. The third kappa shape index (κ3) is 3.53. The van der Waals surface area contributed by atoms with Crippen LogP contribution in [0.1, 0.15) is 23.2 Å². The Morgan fingerprint density at radius 2 is 2.25 bits per heavy atom. The maximum atomic E-state index is 11.9. The maximum absolute atomic E-state index is 11.9. The first-order valence-electron chi connectivity index (χ1n) is 6.41. The van der Waals surface area contributed by atoms with Crippen LogP contribution in [0.25, 0.3) is 0 Å². The number of rotatable bonds is 6. The van der Waals surface area contributed by atoms with E-state index in [-0.39, 0.29) is 5.91 Å². The number of carbonyl (C=O) groups excluding carboxylic acids is 1. The van der Waals surface area contributed by atoms with E-state index < -0.39 is 0 Å². The van der Waals surface area contributed by atoms with Crippen molar-refractivity contribution in [2.24, 2.45) is 0 Å². The Bertz CT molecular complexity index is 582. The highest BCUT2D eigenvalue weighted by atomic mass is 16.5. The first kappa shape index (κ1) is 14.0. The Kier molecular flexibility index (Phi) is 4.65. The molecule has 20 heavy (non-hydrogen) atoms. The van der Waals surface area contributed by atoms with Crippen LogP contribution in [0.2, 0.25) is 0 Å². The van der Waals surface area contributed by atoms with Crippen molar-refractivity contribution in [2.75, 3.05) is 13.2 Å². The van der Waals surface area contributed by atoms with Gasteiger partial charge in [0, 0.05) is 31.5 Å². The minimum Gasteiger partial charge on any atom is -0.478 e. The third-order valence-corrected chi connectivity index (χ3v) is 2.73. The van der Waals surface area contributed by atoms with E-state index in [1.165, 1.54) is 12.4 Å². The molecule has 0 aliphatic heterocycles. The number of nitrogens with one attached hydrogen (secondary N) is 1. The lowest BCUT2D eigenvalue weighted by molar-refractivity contribution is 0.0946. The molecule has 2 rings (SSSR count). The normalized spacial score (nSPS) is 10.3. The highest BCUT2D eigenvalue weighted by Gasteiger charge is 2.08. The highest BCUT2D eigenvalue weighted by molar-refractivity contribution is 5.92. The van der Waals surface area contributed by atoms with Crippen LogP contribution in [0.5, 0.6) is 5.88 Å². The number of imidazole rings is 1. The van der Waals surface area contributed by atoms with E-state index in [1.807, 2.05) is 24.6 Å². The quantitative estimate of drug-likeness (QED) is 0.843. The van der Waals surface area contributed by atoms with Crippen LogP contribution in [-0.4, -0.2) is 38.6 Å². The van der Waals surface area contributed by atoms with Gasteiger partial charge in [0.2, 0.25) is 5.88 Å². The Hall–Kier alpha value is -2.44. The average Bonchev–Trinajstić information content (AvgIpc) is 2.85. The second kappa shape index (κ2) is 6.65. The Morgan fingerprint density at radius 3 is 2.95 bits per heavy atom. The molecule has 0 radical (unpaired) electrons. The SMILES string of the molecule is CCOc1cc(C(=O)NCCn2ccnc2C)ncn1. The zero-order chi connectivity index (χ0) is 14.4. The Balaban J connectivity index is 1.88. The fraction of sp³-hybridized carbons (Fsp3) is 0.385. The van der Waals surface area contributed by atoms with E-state index in [2.05, 4.69) is 20.3 Å². The number of aromatic nitrogens is 4. The lowest BCUT2D eigenvalue weighted by Crippen LogP contribution is -2.28. The predicted octanol–water partition coefficient (Wildman–Crippen LogP) is 0.810. The van der Waals surface area contributed by atoms with Crippen molar-refractivity contribution >= 4 is 5.91 Å². The molecular weight excluding hydrogens is 258 g/mol. The summed E-state index contributed by atoms with van der Waals surface area (Å²) in [5, 5.41) is 2.80. The Morgan fingerprint density at radius 1 is 1.40 bits per heavy atom. The summed E-state index contributed by atoms with van der Waals surface area (Å²) in [6.45, 7) is 5.44. The fourth-order valence-corrected chi connectivity index (χ4v) is 1.71. The molecule has 0 aliphatic carbocycles. The molecule has 2 aromatic rings. The molecule has 0 bridgehead atoms. The van der Waals surface area contributed by atoms with E-state index in [0.29, 0.717) is 31.3 Å². The van der Waals surface area contributed by atoms with Crippen molar-refractivity contribution in [3.63, 3.8) is 0 Å². The second-order valence-corrected chi connectivity index (χ2v) is 4.10. The van der Waals surface area contributed by atoms with Gasteiger partial charge in [0.15, 0.2) is 0 Å². The van der Waals surface area contributed by atoms with E-state index in [9.17, 15) is 4.79 Å². The summed E-state index contributed by atoms with van der Waals surface area (Å²) in [5.74, 6) is 1.07. The molecule has 1 N–H and O–H groups in total.